The highest BCUT2D eigenvalue weighted by atomic mass is 15.1. The topological polar surface area (TPSA) is 28.7 Å². The van der Waals surface area contributed by atoms with Gasteiger partial charge in [0.1, 0.15) is 0 Å². The molecule has 1 aromatic heterocycles. The second-order valence-corrected chi connectivity index (χ2v) is 3.08. The molecule has 0 amide bonds. The summed E-state index contributed by atoms with van der Waals surface area (Å²) in [5, 5.41) is 6.99. The van der Waals surface area contributed by atoms with Crippen LogP contribution in [0.5, 0.6) is 0 Å². The van der Waals surface area contributed by atoms with E-state index in [9.17, 15) is 0 Å². The van der Waals surface area contributed by atoms with Crippen LogP contribution in [0.1, 0.15) is 38.4 Å². The van der Waals surface area contributed by atoms with E-state index in [1.165, 1.54) is 5.57 Å². The van der Waals surface area contributed by atoms with Crippen LogP contribution < -0.4 is 0 Å². The molecule has 0 aliphatic rings. The van der Waals surface area contributed by atoms with Crippen LogP contribution in [0, 0.1) is 0 Å². The maximum atomic E-state index is 4.01. The molecule has 0 spiro atoms. The lowest BCUT2D eigenvalue weighted by atomic mass is 10.1. The van der Waals surface area contributed by atoms with Crippen molar-refractivity contribution in [2.75, 3.05) is 0 Å². The van der Waals surface area contributed by atoms with Crippen molar-refractivity contribution in [2.24, 2.45) is 0 Å². The molecule has 0 unspecified atom stereocenters. The Morgan fingerprint density at radius 3 is 3.00 bits per heavy atom. The van der Waals surface area contributed by atoms with Gasteiger partial charge in [-0.25, -0.2) is 0 Å². The minimum atomic E-state index is 1.08. The summed E-state index contributed by atoms with van der Waals surface area (Å²) in [6, 6.07) is 0. The van der Waals surface area contributed by atoms with E-state index in [2.05, 4.69) is 36.2 Å². The molecular weight excluding hydrogens is 160 g/mol. The largest absolute Gasteiger partial charge is 0.278 e. The van der Waals surface area contributed by atoms with E-state index >= 15 is 0 Å². The molecule has 2 heteroatoms. The maximum Gasteiger partial charge on any atom is 0.0649 e. The Kier molecular flexibility index (Phi) is 3.50. The summed E-state index contributed by atoms with van der Waals surface area (Å²) in [7, 11) is 0. The summed E-state index contributed by atoms with van der Waals surface area (Å²) >= 11 is 0. The number of rotatable bonds is 3. The van der Waals surface area contributed by atoms with Crippen LogP contribution >= 0.6 is 0 Å². The van der Waals surface area contributed by atoms with E-state index < -0.39 is 0 Å². The van der Waals surface area contributed by atoms with Crippen molar-refractivity contribution >= 4 is 12.2 Å². The molecule has 1 N–H and O–H groups in total. The van der Waals surface area contributed by atoms with Gasteiger partial charge in [-0.2, -0.15) is 5.10 Å². The highest BCUT2D eigenvalue weighted by Gasteiger charge is 1.97. The van der Waals surface area contributed by atoms with Crippen molar-refractivity contribution in [3.63, 3.8) is 0 Å². The molecule has 0 bridgehead atoms. The molecule has 0 aliphatic heterocycles. The number of aromatic nitrogens is 2. The Morgan fingerprint density at radius 2 is 2.38 bits per heavy atom. The van der Waals surface area contributed by atoms with Gasteiger partial charge >= 0.3 is 0 Å². The average Bonchev–Trinajstić information content (AvgIpc) is 2.54. The number of aromatic amines is 1. The first-order valence-corrected chi connectivity index (χ1v) is 4.61. The average molecular weight is 176 g/mol. The Bertz CT molecular complexity index is 319. The third kappa shape index (κ3) is 2.58. The van der Waals surface area contributed by atoms with Crippen molar-refractivity contribution in [2.45, 2.75) is 27.2 Å². The predicted octanol–water partition coefficient (Wildman–Crippen LogP) is 3.26. The third-order valence-corrected chi connectivity index (χ3v) is 1.99. The van der Waals surface area contributed by atoms with Crippen LogP contribution in [0.25, 0.3) is 12.2 Å². The summed E-state index contributed by atoms with van der Waals surface area (Å²) in [5.41, 5.74) is 3.60. The van der Waals surface area contributed by atoms with Gasteiger partial charge in [0.25, 0.3) is 0 Å². The summed E-state index contributed by atoms with van der Waals surface area (Å²) in [4.78, 5) is 0. The van der Waals surface area contributed by atoms with Gasteiger partial charge in [-0.15, -0.1) is 0 Å². The van der Waals surface area contributed by atoms with E-state index in [1.807, 2.05) is 19.2 Å². The van der Waals surface area contributed by atoms with E-state index in [4.69, 9.17) is 0 Å². The highest BCUT2D eigenvalue weighted by Crippen LogP contribution is 2.12. The van der Waals surface area contributed by atoms with Crippen molar-refractivity contribution in [1.29, 1.82) is 0 Å². The summed E-state index contributed by atoms with van der Waals surface area (Å²) in [6.07, 6.45) is 9.13. The molecule has 1 aromatic rings. The molecular formula is C11H16N2. The second-order valence-electron chi connectivity index (χ2n) is 3.08. The Balaban J connectivity index is 2.94. The zero-order valence-corrected chi connectivity index (χ0v) is 8.46. The van der Waals surface area contributed by atoms with Crippen LogP contribution in [0.15, 0.2) is 17.8 Å². The smallest absolute Gasteiger partial charge is 0.0649 e. The van der Waals surface area contributed by atoms with Gasteiger partial charge in [0.2, 0.25) is 0 Å². The van der Waals surface area contributed by atoms with Gasteiger partial charge in [0.05, 0.1) is 11.9 Å². The van der Waals surface area contributed by atoms with E-state index in [0.29, 0.717) is 0 Å². The highest BCUT2D eigenvalue weighted by molar-refractivity contribution is 5.62. The molecule has 0 atom stereocenters. The Hall–Kier alpha value is -1.31. The molecule has 70 valence electrons. The lowest BCUT2D eigenvalue weighted by Gasteiger charge is -1.94. The van der Waals surface area contributed by atoms with Gasteiger partial charge in [-0.3, -0.25) is 5.10 Å². The van der Waals surface area contributed by atoms with Gasteiger partial charge in [0.15, 0.2) is 0 Å². The summed E-state index contributed by atoms with van der Waals surface area (Å²) < 4.78 is 0. The second kappa shape index (κ2) is 4.65. The standard InChI is InChI=1S/C11H16N2/c1-4-6-10-8-12-13-11(10)7-9(3)5-2/h4,6-8H,5H2,1-3H3,(H,12,13)/b6-4-,9-7+. The molecule has 13 heavy (non-hydrogen) atoms. The molecule has 0 radical (unpaired) electrons. The van der Waals surface area contributed by atoms with Gasteiger partial charge in [-0.05, 0) is 26.3 Å². The Labute approximate surface area is 79.4 Å². The molecule has 0 saturated heterocycles. The summed E-state index contributed by atoms with van der Waals surface area (Å²) in [6.45, 7) is 6.28. The van der Waals surface area contributed by atoms with Crippen molar-refractivity contribution in [1.82, 2.24) is 10.2 Å². The number of H-pyrrole nitrogens is 1. The number of hydrogen-bond donors (Lipinski definition) is 1. The monoisotopic (exact) mass is 176 g/mol. The van der Waals surface area contributed by atoms with Crippen LogP contribution in [0.3, 0.4) is 0 Å². The van der Waals surface area contributed by atoms with Crippen molar-refractivity contribution < 1.29 is 0 Å². The third-order valence-electron chi connectivity index (χ3n) is 1.99. The zero-order chi connectivity index (χ0) is 9.68. The number of allylic oxidation sites excluding steroid dienone is 2. The molecule has 2 nitrogen and oxygen atoms in total. The van der Waals surface area contributed by atoms with E-state index in [1.54, 1.807) is 0 Å². The van der Waals surface area contributed by atoms with Crippen LogP contribution in [0.4, 0.5) is 0 Å². The van der Waals surface area contributed by atoms with Crippen LogP contribution in [-0.4, -0.2) is 10.2 Å². The molecule has 1 rings (SSSR count). The number of nitrogens with zero attached hydrogens (tertiary/aromatic N) is 1. The predicted molar refractivity (Wildman–Crippen MR) is 57.2 cm³/mol. The minimum Gasteiger partial charge on any atom is -0.278 e. The SMILES string of the molecule is C/C=C\c1cn[nH]c1/C=C(\C)CC. The molecule has 0 fully saturated rings. The normalized spacial score (nSPS) is 12.7. The van der Waals surface area contributed by atoms with E-state index in [-0.39, 0.29) is 0 Å². The fourth-order valence-corrected chi connectivity index (χ4v) is 1.08. The number of nitrogens with one attached hydrogen (secondary N) is 1. The first kappa shape index (κ1) is 9.78. The minimum absolute atomic E-state index is 1.08. The zero-order valence-electron chi connectivity index (χ0n) is 8.46. The van der Waals surface area contributed by atoms with Crippen LogP contribution in [-0.2, 0) is 0 Å². The molecule has 0 aliphatic carbocycles. The fraction of sp³-hybridized carbons (Fsp3) is 0.364. The van der Waals surface area contributed by atoms with Gasteiger partial charge in [-0.1, -0.05) is 24.6 Å². The Morgan fingerprint density at radius 1 is 1.62 bits per heavy atom. The van der Waals surface area contributed by atoms with Crippen molar-refractivity contribution in [3.05, 3.63) is 29.1 Å². The fourth-order valence-electron chi connectivity index (χ4n) is 1.08. The first-order chi connectivity index (χ1) is 6.27. The maximum absolute atomic E-state index is 4.01. The molecule has 0 aromatic carbocycles. The van der Waals surface area contributed by atoms with Crippen LogP contribution in [0.2, 0.25) is 0 Å². The van der Waals surface area contributed by atoms with E-state index in [0.717, 1.165) is 17.7 Å². The van der Waals surface area contributed by atoms with Gasteiger partial charge in [0, 0.05) is 5.56 Å². The number of hydrogen-bond acceptors (Lipinski definition) is 1. The van der Waals surface area contributed by atoms with Gasteiger partial charge < -0.3 is 0 Å². The lowest BCUT2D eigenvalue weighted by molar-refractivity contribution is 1.07. The molecule has 1 heterocycles. The van der Waals surface area contributed by atoms with Crippen molar-refractivity contribution in [3.8, 4) is 0 Å². The molecule has 0 saturated carbocycles. The summed E-state index contributed by atoms with van der Waals surface area (Å²) in [5.74, 6) is 0. The lowest BCUT2D eigenvalue weighted by Crippen LogP contribution is -1.79. The first-order valence-electron chi connectivity index (χ1n) is 4.61. The quantitative estimate of drug-likeness (QED) is 0.752.